The molecule has 0 aromatic rings. The molecule has 1 fully saturated rings. The molecule has 0 radical (unpaired) electrons. The topological polar surface area (TPSA) is 104 Å². The van der Waals surface area contributed by atoms with Crippen molar-refractivity contribution < 1.29 is 40.8 Å². The van der Waals surface area contributed by atoms with Crippen LogP contribution in [-0.4, -0.2) is 47.7 Å². The second-order valence-corrected chi connectivity index (χ2v) is 6.99. The summed E-state index contributed by atoms with van der Waals surface area (Å²) in [6.07, 6.45) is -4.00. The monoisotopic (exact) mass is 333 g/mol. The van der Waals surface area contributed by atoms with Crippen molar-refractivity contribution in [2.45, 2.75) is 43.7 Å². The largest absolute Gasteiger partial charge is 0.743 e. The van der Waals surface area contributed by atoms with E-state index in [2.05, 4.69) is 4.74 Å². The Balaban J connectivity index is 2.40. The van der Waals surface area contributed by atoms with Gasteiger partial charge in [-0.1, -0.05) is 0 Å². The van der Waals surface area contributed by atoms with Crippen molar-refractivity contribution in [3.05, 3.63) is 0 Å². The first-order valence-electron chi connectivity index (χ1n) is 6.14. The predicted molar refractivity (Wildman–Crippen MR) is 63.0 cm³/mol. The molecule has 1 aliphatic rings. The van der Waals surface area contributed by atoms with Gasteiger partial charge in [-0.15, -0.1) is 0 Å². The average Bonchev–Trinajstić information content (AvgIpc) is 3.06. The van der Waals surface area contributed by atoms with Crippen LogP contribution in [-0.2, 0) is 19.6 Å². The molecule has 1 aliphatic carbocycles. The molecule has 10 heteroatoms. The number of rotatable bonds is 7. The van der Waals surface area contributed by atoms with E-state index in [9.17, 15) is 36.0 Å². The second-order valence-electron chi connectivity index (χ2n) is 5.54. The summed E-state index contributed by atoms with van der Waals surface area (Å²) < 4.78 is 73.7. The molecule has 21 heavy (non-hydrogen) atoms. The van der Waals surface area contributed by atoms with Gasteiger partial charge in [-0.2, -0.15) is 8.78 Å². The van der Waals surface area contributed by atoms with Gasteiger partial charge in [0.2, 0.25) is 0 Å². The summed E-state index contributed by atoms with van der Waals surface area (Å²) in [5, 5.41) is 4.56. The highest BCUT2D eigenvalue weighted by molar-refractivity contribution is 7.86. The Kier molecular flexibility index (Phi) is 4.96. The second kappa shape index (κ2) is 5.73. The number of carbonyl (C=O) groups is 1. The Hall–Kier alpha value is -0.870. The number of hydrogen-bond acceptors (Lipinski definition) is 6. The Morgan fingerprint density at radius 2 is 2.00 bits per heavy atom. The fraction of sp³-hybridized carbons (Fsp3) is 0.909. The zero-order valence-corrected chi connectivity index (χ0v) is 12.2. The van der Waals surface area contributed by atoms with Crippen LogP contribution in [0.1, 0.15) is 26.7 Å². The smallest absolute Gasteiger partial charge is 0.364 e. The number of ether oxygens (including phenoxy) is 1. The summed E-state index contributed by atoms with van der Waals surface area (Å²) in [4.78, 5) is 11.5. The molecule has 0 saturated heterocycles. The Bertz CT molecular complexity index is 499. The summed E-state index contributed by atoms with van der Waals surface area (Å²) in [6, 6.07) is 0. The molecular weight excluding hydrogens is 317 g/mol. The fourth-order valence-corrected chi connectivity index (χ4v) is 2.36. The van der Waals surface area contributed by atoms with Crippen molar-refractivity contribution in [2.24, 2.45) is 11.8 Å². The average molecular weight is 333 g/mol. The van der Waals surface area contributed by atoms with Crippen LogP contribution in [0.15, 0.2) is 0 Å². The highest BCUT2D eigenvalue weighted by Crippen LogP contribution is 2.46. The van der Waals surface area contributed by atoms with E-state index in [4.69, 9.17) is 0 Å². The van der Waals surface area contributed by atoms with Gasteiger partial charge in [-0.05, 0) is 20.3 Å². The van der Waals surface area contributed by atoms with Crippen LogP contribution in [0.25, 0.3) is 0 Å². The van der Waals surface area contributed by atoms with Gasteiger partial charge in [-0.25, -0.2) is 12.8 Å². The van der Waals surface area contributed by atoms with Gasteiger partial charge < -0.3 is 14.4 Å². The lowest BCUT2D eigenvalue weighted by Crippen LogP contribution is -2.39. The molecule has 124 valence electrons. The summed E-state index contributed by atoms with van der Waals surface area (Å²) in [5.41, 5.74) is -1.09. The van der Waals surface area contributed by atoms with Crippen molar-refractivity contribution in [1.82, 2.24) is 0 Å². The highest BCUT2D eigenvalue weighted by atomic mass is 32.2. The number of hydrogen-bond donors (Lipinski definition) is 1. The van der Waals surface area contributed by atoms with Crippen LogP contribution in [0.4, 0.5) is 13.2 Å². The van der Waals surface area contributed by atoms with Crippen molar-refractivity contribution in [1.29, 1.82) is 0 Å². The molecule has 0 amide bonds. The lowest BCUT2D eigenvalue weighted by Gasteiger charge is -2.23. The Labute approximate surface area is 120 Å². The molecule has 0 bridgehead atoms. The van der Waals surface area contributed by atoms with Gasteiger partial charge in [0.05, 0.1) is 18.1 Å². The zero-order valence-electron chi connectivity index (χ0n) is 11.4. The normalized spacial score (nSPS) is 24.5. The van der Waals surface area contributed by atoms with E-state index in [0.717, 1.165) is 0 Å². The number of alkyl halides is 3. The summed E-state index contributed by atoms with van der Waals surface area (Å²) in [7, 11) is -6.12. The third-order valence-electron chi connectivity index (χ3n) is 3.31. The molecule has 1 rings (SSSR count). The summed E-state index contributed by atoms with van der Waals surface area (Å²) in [5.74, 6) is -1.69. The molecule has 6 nitrogen and oxygen atoms in total. The fourth-order valence-electron chi connectivity index (χ4n) is 1.93. The van der Waals surface area contributed by atoms with Gasteiger partial charge >= 0.3 is 11.2 Å². The SMILES string of the molecule is CC(C)(O)C1CC1C(=O)OCCC(F)C(F)(F)S(=O)(=O)[O-]. The number of esters is 1. The van der Waals surface area contributed by atoms with Crippen LogP contribution in [0.5, 0.6) is 0 Å². The minimum absolute atomic E-state index is 0.324. The minimum Gasteiger partial charge on any atom is -0.743 e. The predicted octanol–water partition coefficient (Wildman–Crippen LogP) is 0.803. The summed E-state index contributed by atoms with van der Waals surface area (Å²) >= 11 is 0. The third kappa shape index (κ3) is 4.30. The Morgan fingerprint density at radius 1 is 1.48 bits per heavy atom. The number of carbonyl (C=O) groups excluding carboxylic acids is 1. The standard InChI is InChI=1S/C11H17F3O6S/c1-10(2,16)7-5-6(7)9(15)20-4-3-8(12)11(13,14)21(17,18)19/h6-8,16H,3-5H2,1-2H3,(H,17,18,19)/p-1. The lowest BCUT2D eigenvalue weighted by atomic mass is 10.0. The van der Waals surface area contributed by atoms with Gasteiger partial charge in [-0.3, -0.25) is 4.79 Å². The first-order chi connectivity index (χ1) is 9.28. The molecule has 0 aromatic carbocycles. The maximum atomic E-state index is 13.0. The van der Waals surface area contributed by atoms with E-state index in [1.807, 2.05) is 0 Å². The first-order valence-corrected chi connectivity index (χ1v) is 7.55. The van der Waals surface area contributed by atoms with Gasteiger partial charge in [0, 0.05) is 12.3 Å². The molecule has 3 unspecified atom stereocenters. The highest BCUT2D eigenvalue weighted by Gasteiger charge is 2.52. The van der Waals surface area contributed by atoms with Crippen LogP contribution >= 0.6 is 0 Å². The Morgan fingerprint density at radius 3 is 2.38 bits per heavy atom. The first kappa shape index (κ1) is 18.2. The molecule has 1 N–H and O–H groups in total. The van der Waals surface area contributed by atoms with Gasteiger partial charge in [0.1, 0.15) is 0 Å². The van der Waals surface area contributed by atoms with Crippen LogP contribution in [0.3, 0.4) is 0 Å². The lowest BCUT2D eigenvalue weighted by molar-refractivity contribution is -0.147. The van der Waals surface area contributed by atoms with Crippen LogP contribution in [0.2, 0.25) is 0 Å². The van der Waals surface area contributed by atoms with E-state index in [1.165, 1.54) is 13.8 Å². The molecule has 0 spiro atoms. The van der Waals surface area contributed by atoms with Gasteiger partial charge in [0.25, 0.3) is 0 Å². The molecular formula is C11H16F3O6S-. The quantitative estimate of drug-likeness (QED) is 0.546. The number of halogens is 3. The van der Waals surface area contributed by atoms with E-state index in [0.29, 0.717) is 6.42 Å². The molecule has 0 heterocycles. The van der Waals surface area contributed by atoms with E-state index >= 15 is 0 Å². The zero-order chi connectivity index (χ0) is 16.6. The van der Waals surface area contributed by atoms with E-state index in [1.54, 1.807) is 0 Å². The minimum atomic E-state index is -6.12. The third-order valence-corrected chi connectivity index (χ3v) is 4.24. The van der Waals surface area contributed by atoms with Crippen molar-refractivity contribution >= 4 is 16.1 Å². The van der Waals surface area contributed by atoms with Crippen molar-refractivity contribution in [3.8, 4) is 0 Å². The maximum Gasteiger partial charge on any atom is 0.364 e. The van der Waals surface area contributed by atoms with Crippen molar-refractivity contribution in [2.75, 3.05) is 6.61 Å². The van der Waals surface area contributed by atoms with Crippen molar-refractivity contribution in [3.63, 3.8) is 0 Å². The van der Waals surface area contributed by atoms with E-state index in [-0.39, 0.29) is 5.92 Å². The molecule has 3 atom stereocenters. The van der Waals surface area contributed by atoms with Gasteiger partial charge in [0.15, 0.2) is 16.3 Å². The maximum absolute atomic E-state index is 13.0. The summed E-state index contributed by atoms with van der Waals surface area (Å²) in [6.45, 7) is 2.23. The van der Waals surface area contributed by atoms with Crippen LogP contribution < -0.4 is 0 Å². The van der Waals surface area contributed by atoms with E-state index < -0.39 is 52.1 Å². The number of aliphatic hydroxyl groups is 1. The molecule has 0 aromatic heterocycles. The molecule has 0 aliphatic heterocycles. The molecule has 1 saturated carbocycles. The van der Waals surface area contributed by atoms with Crippen LogP contribution in [0, 0.1) is 11.8 Å².